The zero-order valence-electron chi connectivity index (χ0n) is 27.0. The maximum Gasteiger partial charge on any atom is 0.143 e. The van der Waals surface area contributed by atoms with Gasteiger partial charge in [0.25, 0.3) is 0 Å². The summed E-state index contributed by atoms with van der Waals surface area (Å²) in [6.07, 6.45) is 0. The van der Waals surface area contributed by atoms with Crippen molar-refractivity contribution in [2.45, 2.75) is 0 Å². The van der Waals surface area contributed by atoms with Crippen LogP contribution in [0.4, 0.5) is 0 Å². The normalized spacial score (nSPS) is 12.0. The minimum atomic E-state index is 0.855. The second kappa shape index (κ2) is 10.4. The van der Waals surface area contributed by atoms with Gasteiger partial charge in [0.15, 0.2) is 0 Å². The third kappa shape index (κ3) is 3.96. The summed E-state index contributed by atoms with van der Waals surface area (Å²) < 4.78 is 13.0. The average molecular weight is 637 g/mol. The van der Waals surface area contributed by atoms with Crippen LogP contribution in [0.5, 0.6) is 0 Å². The Kier molecular flexibility index (Phi) is 5.70. The van der Waals surface area contributed by atoms with Gasteiger partial charge in [-0.05, 0) is 90.5 Å². The van der Waals surface area contributed by atoms with Crippen LogP contribution in [0.3, 0.4) is 0 Å². The number of rotatable bonds is 4. The number of benzene rings is 9. The first-order valence-corrected chi connectivity index (χ1v) is 17.1. The highest BCUT2D eigenvalue weighted by Crippen LogP contribution is 2.45. The summed E-state index contributed by atoms with van der Waals surface area (Å²) >= 11 is 0. The largest absolute Gasteiger partial charge is 0.456 e. The molecule has 2 aromatic heterocycles. The summed E-state index contributed by atoms with van der Waals surface area (Å²) in [5, 5.41) is 11.0. The van der Waals surface area contributed by atoms with Crippen molar-refractivity contribution in [3.63, 3.8) is 0 Å². The zero-order valence-corrected chi connectivity index (χ0v) is 27.0. The maximum atomic E-state index is 6.71. The van der Waals surface area contributed by atoms with Crippen molar-refractivity contribution in [2.24, 2.45) is 0 Å². The number of furan rings is 2. The Morgan fingerprint density at radius 1 is 0.300 bits per heavy atom. The summed E-state index contributed by atoms with van der Waals surface area (Å²) in [6.45, 7) is 0. The van der Waals surface area contributed by atoms with Crippen LogP contribution in [0.2, 0.25) is 0 Å². The highest BCUT2D eigenvalue weighted by atomic mass is 16.3. The van der Waals surface area contributed by atoms with Crippen molar-refractivity contribution in [1.29, 1.82) is 0 Å². The van der Waals surface area contributed by atoms with Gasteiger partial charge in [0, 0.05) is 27.3 Å². The highest BCUT2D eigenvalue weighted by molar-refractivity contribution is 6.27. The lowest BCUT2D eigenvalue weighted by Crippen LogP contribution is -1.90. The molecule has 0 bridgehead atoms. The molecular formula is C48H28O2. The smallest absolute Gasteiger partial charge is 0.143 e. The van der Waals surface area contributed by atoms with E-state index in [-0.39, 0.29) is 0 Å². The Morgan fingerprint density at radius 3 is 1.62 bits per heavy atom. The van der Waals surface area contributed by atoms with Crippen LogP contribution in [0, 0.1) is 0 Å². The quantitative estimate of drug-likeness (QED) is 0.180. The predicted molar refractivity (Wildman–Crippen MR) is 209 cm³/mol. The second-order valence-corrected chi connectivity index (χ2v) is 13.2. The van der Waals surface area contributed by atoms with Crippen LogP contribution in [-0.4, -0.2) is 0 Å². The number of hydrogen-bond acceptors (Lipinski definition) is 2. The molecule has 2 heteroatoms. The molecule has 232 valence electrons. The molecule has 11 rings (SSSR count). The van der Waals surface area contributed by atoms with Crippen molar-refractivity contribution in [1.82, 2.24) is 0 Å². The van der Waals surface area contributed by atoms with Gasteiger partial charge in [-0.15, -0.1) is 0 Å². The minimum absolute atomic E-state index is 0.855. The van der Waals surface area contributed by atoms with Crippen LogP contribution in [0.15, 0.2) is 179 Å². The fraction of sp³-hybridized carbons (Fsp3) is 0. The number of para-hydroxylation sites is 2. The minimum Gasteiger partial charge on any atom is -0.456 e. The summed E-state index contributed by atoms with van der Waals surface area (Å²) in [7, 11) is 0. The molecular weight excluding hydrogens is 609 g/mol. The van der Waals surface area contributed by atoms with Gasteiger partial charge in [0.1, 0.15) is 22.5 Å². The molecule has 50 heavy (non-hydrogen) atoms. The van der Waals surface area contributed by atoms with Gasteiger partial charge in [-0.1, -0.05) is 140 Å². The van der Waals surface area contributed by atoms with E-state index in [9.17, 15) is 0 Å². The van der Waals surface area contributed by atoms with E-state index in [1.54, 1.807) is 0 Å². The van der Waals surface area contributed by atoms with Gasteiger partial charge in [-0.2, -0.15) is 0 Å². The molecule has 0 spiro atoms. The van der Waals surface area contributed by atoms with Crippen molar-refractivity contribution in [2.75, 3.05) is 0 Å². The summed E-state index contributed by atoms with van der Waals surface area (Å²) in [6, 6.07) is 60.8. The molecule has 0 fully saturated rings. The molecule has 0 aliphatic heterocycles. The molecule has 0 aliphatic carbocycles. The van der Waals surface area contributed by atoms with Crippen LogP contribution in [-0.2, 0) is 0 Å². The number of fused-ring (bicyclic) bond motifs is 4. The first kappa shape index (κ1) is 27.3. The highest BCUT2D eigenvalue weighted by Gasteiger charge is 2.20. The summed E-state index contributed by atoms with van der Waals surface area (Å²) in [5.74, 6) is 0.855. The third-order valence-electron chi connectivity index (χ3n) is 10.4. The molecule has 2 heterocycles. The lowest BCUT2D eigenvalue weighted by atomic mass is 9.87. The Morgan fingerprint density at radius 2 is 0.860 bits per heavy atom. The van der Waals surface area contributed by atoms with Crippen LogP contribution >= 0.6 is 0 Å². The van der Waals surface area contributed by atoms with Crippen molar-refractivity contribution >= 4 is 65.2 Å². The second-order valence-electron chi connectivity index (χ2n) is 13.2. The van der Waals surface area contributed by atoms with E-state index in [0.717, 1.165) is 60.9 Å². The molecule has 0 aliphatic rings. The van der Waals surface area contributed by atoms with Gasteiger partial charge in [-0.3, -0.25) is 0 Å². The van der Waals surface area contributed by atoms with Gasteiger partial charge in [-0.25, -0.2) is 0 Å². The topological polar surface area (TPSA) is 26.3 Å². The standard InChI is InChI=1S/C48H28O2/c1-2-9-29(10-3-1)35-22-17-30-20-26-40-36(23-18-31-19-25-39(35)45(30)46(31)40)32-11-8-12-34(27-32)48-47(41-14-5-7-16-43(41)50-48)33-21-24-38-37-13-4-6-15-42(37)49-44(38)28-33/h1-28H. The lowest BCUT2D eigenvalue weighted by Gasteiger charge is -2.17. The van der Waals surface area contributed by atoms with Crippen molar-refractivity contribution in [3.05, 3.63) is 170 Å². The van der Waals surface area contributed by atoms with E-state index in [4.69, 9.17) is 8.83 Å². The molecule has 0 radical (unpaired) electrons. The van der Waals surface area contributed by atoms with E-state index < -0.39 is 0 Å². The van der Waals surface area contributed by atoms with Gasteiger partial charge >= 0.3 is 0 Å². The van der Waals surface area contributed by atoms with E-state index in [0.29, 0.717) is 0 Å². The molecule has 0 saturated heterocycles. The molecule has 0 unspecified atom stereocenters. The van der Waals surface area contributed by atoms with Gasteiger partial charge in [0.05, 0.1) is 0 Å². The Bertz CT molecular complexity index is 3090. The Hall–Kier alpha value is -6.64. The molecule has 0 amide bonds. The van der Waals surface area contributed by atoms with Gasteiger partial charge in [0.2, 0.25) is 0 Å². The fourth-order valence-electron chi connectivity index (χ4n) is 8.17. The Labute approximate surface area is 287 Å². The first-order valence-electron chi connectivity index (χ1n) is 17.1. The molecule has 11 aromatic rings. The van der Waals surface area contributed by atoms with Crippen LogP contribution in [0.1, 0.15) is 0 Å². The molecule has 0 N–H and O–H groups in total. The third-order valence-corrected chi connectivity index (χ3v) is 10.4. The Balaban J connectivity index is 1.10. The summed E-state index contributed by atoms with van der Waals surface area (Å²) in [5.41, 5.74) is 10.7. The zero-order chi connectivity index (χ0) is 32.8. The maximum absolute atomic E-state index is 6.71. The van der Waals surface area contributed by atoms with E-state index >= 15 is 0 Å². The SMILES string of the molecule is c1ccc(-c2ccc3ccc4c(-c5cccc(-c6oc7ccccc7c6-c6ccc7c(c6)oc6ccccc67)c5)ccc5ccc2c3c54)cc1. The van der Waals surface area contributed by atoms with E-state index in [1.807, 2.05) is 18.2 Å². The monoisotopic (exact) mass is 636 g/mol. The predicted octanol–water partition coefficient (Wildman–Crippen LogP) is 13.9. The molecule has 9 aromatic carbocycles. The lowest BCUT2D eigenvalue weighted by molar-refractivity contribution is 0.632. The average Bonchev–Trinajstić information content (AvgIpc) is 3.76. The summed E-state index contributed by atoms with van der Waals surface area (Å²) in [4.78, 5) is 0. The van der Waals surface area contributed by atoms with Crippen LogP contribution < -0.4 is 0 Å². The first-order chi connectivity index (χ1) is 24.8. The molecule has 2 nitrogen and oxygen atoms in total. The fourth-order valence-corrected chi connectivity index (χ4v) is 8.17. The molecule has 0 saturated carbocycles. The van der Waals surface area contributed by atoms with Crippen LogP contribution in [0.25, 0.3) is 110 Å². The molecule has 0 atom stereocenters. The van der Waals surface area contributed by atoms with E-state index in [2.05, 4.69) is 152 Å². The van der Waals surface area contributed by atoms with Gasteiger partial charge < -0.3 is 8.83 Å². The van der Waals surface area contributed by atoms with Crippen molar-refractivity contribution < 1.29 is 8.83 Å². The van der Waals surface area contributed by atoms with E-state index in [1.165, 1.54) is 49.0 Å². The van der Waals surface area contributed by atoms with Crippen molar-refractivity contribution in [3.8, 4) is 44.7 Å². The number of hydrogen-bond donors (Lipinski definition) is 0.